The second kappa shape index (κ2) is 66.8. The standard InChI is InChI=1S/C73H137NO5/c1-3-5-7-9-11-13-15-17-19-21-23-25-27-29-30-31-32-33-34-35-36-37-38-39-40-41-43-45-47-49-51-53-55-57-59-61-63-65-67-71(77)73(79)74-69(68-75)72(78)70(76)66-64-62-60-58-56-54-52-50-48-46-44-42-28-26-24-22-20-18-16-14-12-10-8-6-4-2/h32-33,35-36,42,44,50,52,58,60,69-72,75-78H,3-31,34,37-41,43,45-49,51,53-57,59,61-68H2,1-2H3,(H,74,79)/b33-32-,36-35-,44-42+,52-50+,60-58+. The predicted octanol–water partition coefficient (Wildman–Crippen LogP) is 21.8. The largest absolute Gasteiger partial charge is 0.394 e. The van der Waals surface area contributed by atoms with Crippen molar-refractivity contribution >= 4 is 5.91 Å². The number of hydrogen-bond donors (Lipinski definition) is 5. The van der Waals surface area contributed by atoms with Crippen molar-refractivity contribution in [2.24, 2.45) is 0 Å². The van der Waals surface area contributed by atoms with E-state index < -0.39 is 36.9 Å². The van der Waals surface area contributed by atoms with Gasteiger partial charge in [-0.1, -0.05) is 331 Å². The monoisotopic (exact) mass is 1110 g/mol. The fraction of sp³-hybridized carbons (Fsp3) is 0.849. The van der Waals surface area contributed by atoms with E-state index in [1.807, 2.05) is 0 Å². The minimum Gasteiger partial charge on any atom is -0.394 e. The normalized spacial score (nSPS) is 13.8. The molecule has 79 heavy (non-hydrogen) atoms. The molecule has 6 heteroatoms. The van der Waals surface area contributed by atoms with Crippen LogP contribution >= 0.6 is 0 Å². The molecule has 0 aromatic rings. The summed E-state index contributed by atoms with van der Waals surface area (Å²) in [5.41, 5.74) is 0. The van der Waals surface area contributed by atoms with Gasteiger partial charge in [0.15, 0.2) is 0 Å². The molecule has 5 N–H and O–H groups in total. The number of hydrogen-bond acceptors (Lipinski definition) is 5. The van der Waals surface area contributed by atoms with Gasteiger partial charge in [-0.15, -0.1) is 0 Å². The van der Waals surface area contributed by atoms with Crippen LogP contribution < -0.4 is 5.32 Å². The SMILES string of the molecule is CCCCCCCCCCCCCC/C=C/CC/C=C/CC/C=C/CCCC(O)C(O)C(CO)NC(=O)C(O)CCCCCCCCCCCCCCCCCC/C=C\C/C=C\CCCCCCCCCCCCCCCCC. The Morgan fingerprint density at radius 2 is 0.570 bits per heavy atom. The molecule has 0 fully saturated rings. The average Bonchev–Trinajstić information content (AvgIpc) is 3.45. The zero-order chi connectivity index (χ0) is 57.3. The van der Waals surface area contributed by atoms with E-state index in [1.165, 1.54) is 276 Å². The summed E-state index contributed by atoms with van der Waals surface area (Å²) in [5.74, 6) is -0.596. The second-order valence-corrected chi connectivity index (χ2v) is 24.2. The maximum absolute atomic E-state index is 12.7. The molecule has 0 rings (SSSR count). The Bertz CT molecular complexity index is 1340. The minimum atomic E-state index is -1.30. The summed E-state index contributed by atoms with van der Waals surface area (Å²) in [6, 6.07) is -1.02. The molecule has 0 saturated carbocycles. The second-order valence-electron chi connectivity index (χ2n) is 24.2. The van der Waals surface area contributed by atoms with Crippen LogP contribution in [0.4, 0.5) is 0 Å². The van der Waals surface area contributed by atoms with E-state index in [2.05, 4.69) is 79.9 Å². The third kappa shape index (κ3) is 60.4. The van der Waals surface area contributed by atoms with Crippen LogP contribution in [0.2, 0.25) is 0 Å². The zero-order valence-corrected chi connectivity index (χ0v) is 52.9. The maximum atomic E-state index is 12.7. The van der Waals surface area contributed by atoms with Gasteiger partial charge in [-0.05, 0) is 96.3 Å². The van der Waals surface area contributed by atoms with Crippen molar-refractivity contribution in [1.82, 2.24) is 5.32 Å². The summed E-state index contributed by atoms with van der Waals surface area (Å²) in [6.07, 6.45) is 89.2. The van der Waals surface area contributed by atoms with E-state index in [-0.39, 0.29) is 0 Å². The topological polar surface area (TPSA) is 110 Å². The first-order chi connectivity index (χ1) is 39.0. The van der Waals surface area contributed by atoms with Crippen LogP contribution in [-0.2, 0) is 4.79 Å². The van der Waals surface area contributed by atoms with Gasteiger partial charge in [-0.25, -0.2) is 0 Å². The van der Waals surface area contributed by atoms with Gasteiger partial charge in [0.25, 0.3) is 0 Å². The molecular weight excluding hydrogens is 971 g/mol. The van der Waals surface area contributed by atoms with Crippen molar-refractivity contribution in [3.05, 3.63) is 60.8 Å². The molecule has 0 aliphatic heterocycles. The molecule has 6 nitrogen and oxygen atoms in total. The lowest BCUT2D eigenvalue weighted by Crippen LogP contribution is -2.53. The fourth-order valence-electron chi connectivity index (χ4n) is 10.9. The number of rotatable bonds is 65. The number of nitrogens with one attached hydrogen (secondary N) is 1. The molecule has 0 bridgehead atoms. The van der Waals surface area contributed by atoms with E-state index in [1.54, 1.807) is 0 Å². The van der Waals surface area contributed by atoms with Gasteiger partial charge in [0.1, 0.15) is 12.2 Å². The smallest absolute Gasteiger partial charge is 0.249 e. The summed E-state index contributed by atoms with van der Waals surface area (Å²) >= 11 is 0. The van der Waals surface area contributed by atoms with Crippen LogP contribution in [0.1, 0.15) is 367 Å². The molecular formula is C73H137NO5. The highest BCUT2D eigenvalue weighted by Crippen LogP contribution is 2.18. The Morgan fingerprint density at radius 3 is 0.873 bits per heavy atom. The molecule has 0 radical (unpaired) electrons. The van der Waals surface area contributed by atoms with Crippen LogP contribution in [0.3, 0.4) is 0 Å². The average molecular weight is 1110 g/mol. The Labute approximate surface area is 492 Å². The number of amides is 1. The Morgan fingerprint density at radius 1 is 0.316 bits per heavy atom. The fourth-order valence-corrected chi connectivity index (χ4v) is 10.9. The summed E-state index contributed by atoms with van der Waals surface area (Å²) in [4.78, 5) is 12.7. The summed E-state index contributed by atoms with van der Waals surface area (Å²) < 4.78 is 0. The van der Waals surface area contributed by atoms with E-state index in [9.17, 15) is 25.2 Å². The van der Waals surface area contributed by atoms with Crippen LogP contribution in [0, 0.1) is 0 Å². The van der Waals surface area contributed by atoms with Gasteiger partial charge in [-0.3, -0.25) is 4.79 Å². The lowest BCUT2D eigenvalue weighted by atomic mass is 10.00. The molecule has 0 aliphatic carbocycles. The molecule has 0 saturated heterocycles. The molecule has 0 spiro atoms. The third-order valence-electron chi connectivity index (χ3n) is 16.4. The first-order valence-electron chi connectivity index (χ1n) is 35.2. The van der Waals surface area contributed by atoms with E-state index in [0.29, 0.717) is 19.3 Å². The van der Waals surface area contributed by atoms with E-state index in [4.69, 9.17) is 0 Å². The molecule has 4 atom stereocenters. The van der Waals surface area contributed by atoms with Crippen molar-refractivity contribution in [2.75, 3.05) is 6.61 Å². The van der Waals surface area contributed by atoms with Crippen LogP contribution in [0.5, 0.6) is 0 Å². The lowest BCUT2D eigenvalue weighted by molar-refractivity contribution is -0.132. The lowest BCUT2D eigenvalue weighted by Gasteiger charge is -2.27. The van der Waals surface area contributed by atoms with Crippen molar-refractivity contribution in [3.8, 4) is 0 Å². The summed E-state index contributed by atoms with van der Waals surface area (Å²) in [7, 11) is 0. The van der Waals surface area contributed by atoms with E-state index >= 15 is 0 Å². The summed E-state index contributed by atoms with van der Waals surface area (Å²) in [6.45, 7) is 4.08. The third-order valence-corrected chi connectivity index (χ3v) is 16.4. The minimum absolute atomic E-state index is 0.358. The highest BCUT2D eigenvalue weighted by Gasteiger charge is 2.28. The molecule has 0 aromatic carbocycles. The highest BCUT2D eigenvalue weighted by molar-refractivity contribution is 5.80. The van der Waals surface area contributed by atoms with Crippen molar-refractivity contribution in [3.63, 3.8) is 0 Å². The molecule has 464 valence electrons. The number of carbonyl (C=O) groups excluding carboxylic acids is 1. The first-order valence-corrected chi connectivity index (χ1v) is 35.2. The zero-order valence-electron chi connectivity index (χ0n) is 52.9. The van der Waals surface area contributed by atoms with Gasteiger partial charge < -0.3 is 25.7 Å². The number of allylic oxidation sites excluding steroid dienone is 10. The molecule has 0 aliphatic rings. The van der Waals surface area contributed by atoms with Gasteiger partial charge in [0, 0.05) is 0 Å². The van der Waals surface area contributed by atoms with Gasteiger partial charge >= 0.3 is 0 Å². The Kier molecular flexibility index (Phi) is 65.1. The quantitative estimate of drug-likeness (QED) is 0.0308. The highest BCUT2D eigenvalue weighted by atomic mass is 16.3. The van der Waals surface area contributed by atoms with Crippen molar-refractivity contribution < 1.29 is 25.2 Å². The number of unbranched alkanes of at least 4 members (excludes halogenated alkanes) is 46. The number of aliphatic hydroxyl groups excluding tert-OH is 4. The molecule has 0 heterocycles. The predicted molar refractivity (Wildman–Crippen MR) is 348 cm³/mol. The van der Waals surface area contributed by atoms with Gasteiger partial charge in [0.05, 0.1) is 18.8 Å². The van der Waals surface area contributed by atoms with Gasteiger partial charge in [0.2, 0.25) is 5.91 Å². The van der Waals surface area contributed by atoms with E-state index in [0.717, 1.165) is 57.8 Å². The Balaban J connectivity index is 3.60. The number of aliphatic hydroxyl groups is 4. The van der Waals surface area contributed by atoms with Crippen LogP contribution in [0.25, 0.3) is 0 Å². The van der Waals surface area contributed by atoms with Gasteiger partial charge in [-0.2, -0.15) is 0 Å². The first kappa shape index (κ1) is 77.0. The molecule has 0 aromatic heterocycles. The van der Waals surface area contributed by atoms with Crippen molar-refractivity contribution in [1.29, 1.82) is 0 Å². The van der Waals surface area contributed by atoms with Crippen molar-refractivity contribution in [2.45, 2.75) is 391 Å². The van der Waals surface area contributed by atoms with Crippen LogP contribution in [0.15, 0.2) is 60.8 Å². The maximum Gasteiger partial charge on any atom is 0.249 e. The van der Waals surface area contributed by atoms with Crippen LogP contribution in [-0.4, -0.2) is 57.3 Å². The Hall–Kier alpha value is -1.99. The molecule has 1 amide bonds. The summed E-state index contributed by atoms with van der Waals surface area (Å²) in [5, 5.41) is 44.1. The number of carbonyl (C=O) groups is 1. The molecule has 4 unspecified atom stereocenters.